The highest BCUT2D eigenvalue weighted by Gasteiger charge is 2.27. The zero-order valence-corrected chi connectivity index (χ0v) is 38.4. The van der Waals surface area contributed by atoms with Crippen LogP contribution in [0.5, 0.6) is 0 Å². The number of phosphoric ester groups is 1. The molecule has 10 heteroatoms. The number of hydrogen-bond donors (Lipinski definition) is 1. The quantitative estimate of drug-likeness (QED) is 0.0214. The fraction of sp³-hybridized carbons (Fsp3) is 0.708. The lowest BCUT2D eigenvalue weighted by atomic mass is 10.1. The van der Waals surface area contributed by atoms with E-state index in [0.717, 1.165) is 64.2 Å². The average molecular weight is 835 g/mol. The zero-order chi connectivity index (χ0) is 42.8. The standard InChI is InChI=1S/C48H84NO8P/c1-6-8-10-12-14-16-18-20-22-24-26-28-30-32-34-36-38-40-47(50)54-44-46(45-56-58(52,53)55-43-42-49(3,4)5)57-48(51)41-39-37-35-33-31-29-27-25-23-21-19-17-15-13-11-9-7-2/h8,10,14,16,20-23,26,28,32,34,46H,6-7,9,11-13,15,17-19,24-25,27,29-31,33,35-45H2,1-5H3/p+1/b10-8+,16-14+,22-20+,23-21+,28-26+,34-32+/t46-/m1/s1. The van der Waals surface area contributed by atoms with Gasteiger partial charge >= 0.3 is 19.8 Å². The number of likely N-dealkylation sites (N-methyl/N-ethyl adjacent to an activating group) is 1. The smallest absolute Gasteiger partial charge is 0.462 e. The molecule has 0 amide bonds. The van der Waals surface area contributed by atoms with E-state index in [4.69, 9.17) is 18.5 Å². The number of allylic oxidation sites excluding steroid dienone is 12. The van der Waals surface area contributed by atoms with E-state index in [9.17, 15) is 19.0 Å². The molecule has 9 nitrogen and oxygen atoms in total. The van der Waals surface area contributed by atoms with Gasteiger partial charge in [0.25, 0.3) is 0 Å². The summed E-state index contributed by atoms with van der Waals surface area (Å²) in [5.74, 6) is -0.876. The number of rotatable bonds is 40. The zero-order valence-electron chi connectivity index (χ0n) is 37.5. The maximum atomic E-state index is 12.7. The predicted octanol–water partition coefficient (Wildman–Crippen LogP) is 13.0. The normalized spacial score (nSPS) is 14.2. The van der Waals surface area contributed by atoms with Crippen LogP contribution in [-0.4, -0.2) is 74.9 Å². The number of hydrogen-bond acceptors (Lipinski definition) is 7. The highest BCUT2D eigenvalue weighted by atomic mass is 31.2. The number of ether oxygens (including phenoxy) is 2. The second-order valence-corrected chi connectivity index (χ2v) is 17.5. The number of quaternary nitrogens is 1. The third-order valence-corrected chi connectivity index (χ3v) is 10.2. The first-order valence-corrected chi connectivity index (χ1v) is 24.2. The Kier molecular flexibility index (Phi) is 38.1. The highest BCUT2D eigenvalue weighted by molar-refractivity contribution is 7.47. The monoisotopic (exact) mass is 835 g/mol. The molecule has 0 rings (SSSR count). The molecule has 0 aromatic rings. The Labute approximate surface area is 355 Å². The first-order chi connectivity index (χ1) is 28.0. The molecule has 1 unspecified atom stereocenters. The van der Waals surface area contributed by atoms with E-state index in [1.807, 2.05) is 21.1 Å². The molecule has 58 heavy (non-hydrogen) atoms. The molecule has 0 aliphatic heterocycles. The van der Waals surface area contributed by atoms with E-state index in [0.29, 0.717) is 23.9 Å². The molecule has 0 bridgehead atoms. The van der Waals surface area contributed by atoms with Crippen LogP contribution in [0.4, 0.5) is 0 Å². The third-order valence-electron chi connectivity index (χ3n) is 9.22. The van der Waals surface area contributed by atoms with Crippen LogP contribution in [0.25, 0.3) is 0 Å². The maximum absolute atomic E-state index is 12.7. The van der Waals surface area contributed by atoms with Crippen molar-refractivity contribution in [2.24, 2.45) is 0 Å². The number of unbranched alkanes of at least 4 members (excludes halogenated alkanes) is 14. The fourth-order valence-electron chi connectivity index (χ4n) is 5.69. The Hall–Kier alpha value is -2.55. The van der Waals surface area contributed by atoms with Gasteiger partial charge in [0.05, 0.1) is 27.7 Å². The molecular formula is C48H85NO8P+. The summed E-state index contributed by atoms with van der Waals surface area (Å²) >= 11 is 0. The summed E-state index contributed by atoms with van der Waals surface area (Å²) in [6.07, 6.45) is 49.6. The van der Waals surface area contributed by atoms with E-state index >= 15 is 0 Å². The van der Waals surface area contributed by atoms with Gasteiger partial charge in [0.1, 0.15) is 19.8 Å². The first-order valence-electron chi connectivity index (χ1n) is 22.7. The summed E-state index contributed by atoms with van der Waals surface area (Å²) in [5, 5.41) is 0. The van der Waals surface area contributed by atoms with Crippen LogP contribution in [0.15, 0.2) is 72.9 Å². The van der Waals surface area contributed by atoms with Crippen LogP contribution >= 0.6 is 7.82 Å². The summed E-state index contributed by atoms with van der Waals surface area (Å²) < 4.78 is 34.3. The Morgan fingerprint density at radius 3 is 1.53 bits per heavy atom. The molecule has 334 valence electrons. The summed E-state index contributed by atoms with van der Waals surface area (Å²) in [5.41, 5.74) is 0. The molecule has 1 N–H and O–H groups in total. The molecule has 0 heterocycles. The molecule has 0 aromatic heterocycles. The number of nitrogens with zero attached hydrogens (tertiary/aromatic N) is 1. The van der Waals surface area contributed by atoms with Gasteiger partial charge in [0, 0.05) is 12.8 Å². The predicted molar refractivity (Wildman–Crippen MR) is 242 cm³/mol. The van der Waals surface area contributed by atoms with Crippen molar-refractivity contribution in [2.45, 2.75) is 174 Å². The van der Waals surface area contributed by atoms with Gasteiger partial charge in [-0.05, 0) is 77.0 Å². The molecule has 0 radical (unpaired) electrons. The molecule has 0 saturated carbocycles. The second kappa shape index (κ2) is 39.9. The topological polar surface area (TPSA) is 108 Å². The number of carbonyl (C=O) groups excluding carboxylic acids is 2. The summed E-state index contributed by atoms with van der Waals surface area (Å²) in [6.45, 7) is 4.22. The number of esters is 2. The van der Waals surface area contributed by atoms with Crippen molar-refractivity contribution in [3.63, 3.8) is 0 Å². The van der Waals surface area contributed by atoms with Crippen LogP contribution in [0.3, 0.4) is 0 Å². The molecule has 0 aliphatic carbocycles. The fourth-order valence-corrected chi connectivity index (χ4v) is 6.43. The van der Waals surface area contributed by atoms with Crippen LogP contribution in [0, 0.1) is 0 Å². The van der Waals surface area contributed by atoms with Crippen molar-refractivity contribution in [1.82, 2.24) is 0 Å². The molecular weight excluding hydrogens is 750 g/mol. The lowest BCUT2D eigenvalue weighted by molar-refractivity contribution is -0.870. The minimum atomic E-state index is -4.39. The summed E-state index contributed by atoms with van der Waals surface area (Å²) in [7, 11) is 1.43. The van der Waals surface area contributed by atoms with Crippen molar-refractivity contribution in [3.05, 3.63) is 72.9 Å². The second-order valence-electron chi connectivity index (χ2n) is 16.0. The lowest BCUT2D eigenvalue weighted by Crippen LogP contribution is -2.37. The summed E-state index contributed by atoms with van der Waals surface area (Å²) in [4.78, 5) is 35.4. The van der Waals surface area contributed by atoms with Crippen molar-refractivity contribution < 1.29 is 42.1 Å². The minimum Gasteiger partial charge on any atom is -0.462 e. The molecule has 2 atom stereocenters. The maximum Gasteiger partial charge on any atom is 0.472 e. The number of phosphoric acid groups is 1. The first kappa shape index (κ1) is 55.5. The minimum absolute atomic E-state index is 0.0188. The van der Waals surface area contributed by atoms with Crippen molar-refractivity contribution >= 4 is 19.8 Å². The van der Waals surface area contributed by atoms with E-state index < -0.39 is 32.5 Å². The van der Waals surface area contributed by atoms with E-state index in [1.165, 1.54) is 64.2 Å². The Morgan fingerprint density at radius 1 is 0.552 bits per heavy atom. The van der Waals surface area contributed by atoms with E-state index in [2.05, 4.69) is 86.8 Å². The SMILES string of the molecule is CC/C=C/C/C=C/C/C=C/C/C=C/C/C=C/CCCC(=O)OC[C@H](COP(=O)(O)OCC[N+](C)(C)C)OC(=O)CCCCCCCCC/C=C/CCCCCCCC. The largest absolute Gasteiger partial charge is 0.472 e. The third kappa shape index (κ3) is 43.0. The van der Waals surface area contributed by atoms with Gasteiger partial charge in [0.2, 0.25) is 0 Å². The van der Waals surface area contributed by atoms with Crippen molar-refractivity contribution in [3.8, 4) is 0 Å². The molecule has 0 fully saturated rings. The van der Waals surface area contributed by atoms with Gasteiger partial charge < -0.3 is 18.9 Å². The van der Waals surface area contributed by atoms with Gasteiger partial charge in [-0.1, -0.05) is 151 Å². The molecule has 0 spiro atoms. The van der Waals surface area contributed by atoms with Gasteiger partial charge in [-0.25, -0.2) is 4.57 Å². The van der Waals surface area contributed by atoms with E-state index in [-0.39, 0.29) is 26.1 Å². The summed E-state index contributed by atoms with van der Waals surface area (Å²) in [6, 6.07) is 0. The average Bonchev–Trinajstić information content (AvgIpc) is 3.17. The van der Waals surface area contributed by atoms with Crippen LogP contribution in [0.1, 0.15) is 168 Å². The van der Waals surface area contributed by atoms with Crippen molar-refractivity contribution in [1.29, 1.82) is 0 Å². The highest BCUT2D eigenvalue weighted by Crippen LogP contribution is 2.43. The van der Waals surface area contributed by atoms with Gasteiger partial charge in [-0.2, -0.15) is 0 Å². The van der Waals surface area contributed by atoms with Crippen LogP contribution < -0.4 is 0 Å². The van der Waals surface area contributed by atoms with Crippen LogP contribution in [0.2, 0.25) is 0 Å². The van der Waals surface area contributed by atoms with E-state index in [1.54, 1.807) is 0 Å². The van der Waals surface area contributed by atoms with Crippen LogP contribution in [-0.2, 0) is 32.7 Å². The van der Waals surface area contributed by atoms with Gasteiger partial charge in [0.15, 0.2) is 6.10 Å². The van der Waals surface area contributed by atoms with Gasteiger partial charge in [-0.15, -0.1) is 0 Å². The Morgan fingerprint density at radius 2 is 1.00 bits per heavy atom. The molecule has 0 saturated heterocycles. The Bertz CT molecular complexity index is 1220. The van der Waals surface area contributed by atoms with Crippen molar-refractivity contribution in [2.75, 3.05) is 47.5 Å². The van der Waals surface area contributed by atoms with Gasteiger partial charge in [-0.3, -0.25) is 18.6 Å². The Balaban J connectivity index is 4.45. The number of carbonyl (C=O) groups is 2. The molecule has 0 aliphatic rings. The lowest BCUT2D eigenvalue weighted by Gasteiger charge is -2.24. The molecule has 0 aromatic carbocycles.